The molecule has 1 saturated heterocycles. The van der Waals surface area contributed by atoms with E-state index < -0.39 is 11.4 Å². The van der Waals surface area contributed by atoms with Gasteiger partial charge < -0.3 is 9.88 Å². The highest BCUT2D eigenvalue weighted by atomic mass is 19.1. The fourth-order valence-electron chi connectivity index (χ4n) is 3.15. The molecule has 1 N–H and O–H groups in total. The maximum atomic E-state index is 13.4. The number of carbonyl (C=O) groups excluding carboxylic acids is 1. The van der Waals surface area contributed by atoms with Gasteiger partial charge in [0.25, 0.3) is 11.5 Å². The Balaban J connectivity index is 2.02. The van der Waals surface area contributed by atoms with E-state index in [1.54, 1.807) is 17.9 Å². The van der Waals surface area contributed by atoms with Crippen LogP contribution in [0.2, 0.25) is 0 Å². The summed E-state index contributed by atoms with van der Waals surface area (Å²) in [5.74, 6) is -0.225. The number of carbonyl (C=O) groups is 1. The first-order valence-electron chi connectivity index (χ1n) is 7.56. The molecule has 1 atom stereocenters. The van der Waals surface area contributed by atoms with E-state index in [2.05, 4.69) is 9.97 Å². The molecular weight excluding hydrogens is 297 g/mol. The molecule has 0 spiro atoms. The minimum atomic E-state index is -0.700. The smallest absolute Gasteiger partial charge is 0.254 e. The minimum absolute atomic E-state index is 0.237. The molecule has 1 aliphatic rings. The van der Waals surface area contributed by atoms with Crippen molar-refractivity contribution in [1.82, 2.24) is 14.9 Å². The molecule has 1 aromatic heterocycles. The van der Waals surface area contributed by atoms with Crippen molar-refractivity contribution in [3.63, 3.8) is 0 Å². The molecule has 23 heavy (non-hydrogen) atoms. The standard InChI is InChI=1S/C17H18FN3O2/c1-11-9-14(22)20-16(19-11)17(2)7-4-8-21(17)15(23)12-5-3-6-13(18)10-12/h3,5-6,9-10H,4,7-8H2,1-2H3,(H,19,20,22)/t17-/m0/s1. The van der Waals surface area contributed by atoms with Crippen molar-refractivity contribution in [2.75, 3.05) is 6.54 Å². The van der Waals surface area contributed by atoms with Gasteiger partial charge in [0.15, 0.2) is 0 Å². The number of likely N-dealkylation sites (tertiary alicyclic amines) is 1. The van der Waals surface area contributed by atoms with Crippen molar-refractivity contribution in [3.8, 4) is 0 Å². The summed E-state index contributed by atoms with van der Waals surface area (Å²) in [4.78, 5) is 33.4. The largest absolute Gasteiger partial charge is 0.326 e. The number of aryl methyl sites for hydroxylation is 1. The Morgan fingerprint density at radius 3 is 2.87 bits per heavy atom. The molecule has 2 aromatic rings. The summed E-state index contributed by atoms with van der Waals surface area (Å²) >= 11 is 0. The number of benzene rings is 1. The van der Waals surface area contributed by atoms with Crippen LogP contribution in [0.1, 0.15) is 41.6 Å². The number of rotatable bonds is 2. The summed E-state index contributed by atoms with van der Waals surface area (Å²) in [6.45, 7) is 4.17. The maximum absolute atomic E-state index is 13.4. The number of nitrogens with zero attached hydrogens (tertiary/aromatic N) is 2. The summed E-state index contributed by atoms with van der Waals surface area (Å²) in [6.07, 6.45) is 1.50. The van der Waals surface area contributed by atoms with Gasteiger partial charge in [-0.25, -0.2) is 9.37 Å². The van der Waals surface area contributed by atoms with Crippen LogP contribution in [0.4, 0.5) is 4.39 Å². The normalized spacial score (nSPS) is 20.7. The number of hydrogen-bond acceptors (Lipinski definition) is 3. The first-order valence-corrected chi connectivity index (χ1v) is 7.56. The van der Waals surface area contributed by atoms with E-state index in [1.165, 1.54) is 24.3 Å². The summed E-state index contributed by atoms with van der Waals surface area (Å²) in [6, 6.07) is 7.06. The summed E-state index contributed by atoms with van der Waals surface area (Å²) < 4.78 is 13.4. The van der Waals surface area contributed by atoms with Crippen LogP contribution < -0.4 is 5.56 Å². The Morgan fingerprint density at radius 1 is 1.39 bits per heavy atom. The third-order valence-corrected chi connectivity index (χ3v) is 4.34. The number of H-pyrrole nitrogens is 1. The Hall–Kier alpha value is -2.50. The number of amides is 1. The molecule has 0 radical (unpaired) electrons. The third-order valence-electron chi connectivity index (χ3n) is 4.34. The van der Waals surface area contributed by atoms with Crippen molar-refractivity contribution < 1.29 is 9.18 Å². The fraction of sp³-hybridized carbons (Fsp3) is 0.353. The molecule has 1 aliphatic heterocycles. The van der Waals surface area contributed by atoms with Gasteiger partial charge in [-0.2, -0.15) is 0 Å². The monoisotopic (exact) mass is 315 g/mol. The van der Waals surface area contributed by atoms with Gasteiger partial charge in [0.1, 0.15) is 11.6 Å². The number of nitrogens with one attached hydrogen (secondary N) is 1. The van der Waals surface area contributed by atoms with Crippen LogP contribution in [0.15, 0.2) is 35.1 Å². The molecule has 1 amide bonds. The van der Waals surface area contributed by atoms with Crippen LogP contribution in [0.3, 0.4) is 0 Å². The highest BCUT2D eigenvalue weighted by Gasteiger charge is 2.43. The zero-order valence-corrected chi connectivity index (χ0v) is 13.1. The van der Waals surface area contributed by atoms with Crippen molar-refractivity contribution in [2.45, 2.75) is 32.2 Å². The molecule has 2 heterocycles. The van der Waals surface area contributed by atoms with Gasteiger partial charge in [0, 0.05) is 23.9 Å². The Kier molecular flexibility index (Phi) is 3.75. The van der Waals surface area contributed by atoms with Crippen molar-refractivity contribution in [2.24, 2.45) is 0 Å². The van der Waals surface area contributed by atoms with E-state index in [0.29, 0.717) is 30.0 Å². The average molecular weight is 315 g/mol. The Morgan fingerprint density at radius 2 is 2.17 bits per heavy atom. The highest BCUT2D eigenvalue weighted by Crippen LogP contribution is 2.37. The van der Waals surface area contributed by atoms with Gasteiger partial charge in [-0.05, 0) is 44.9 Å². The van der Waals surface area contributed by atoms with E-state index in [1.807, 2.05) is 6.92 Å². The van der Waals surface area contributed by atoms with E-state index in [0.717, 1.165) is 6.42 Å². The molecule has 0 saturated carbocycles. The van der Waals surface area contributed by atoms with Crippen LogP contribution in [-0.2, 0) is 5.54 Å². The second-order valence-electron chi connectivity index (χ2n) is 6.08. The molecule has 0 bridgehead atoms. The van der Waals surface area contributed by atoms with E-state index in [9.17, 15) is 14.0 Å². The molecule has 3 rings (SSSR count). The van der Waals surface area contributed by atoms with Crippen LogP contribution in [0.5, 0.6) is 0 Å². The van der Waals surface area contributed by atoms with Gasteiger partial charge in [-0.1, -0.05) is 6.07 Å². The second-order valence-corrected chi connectivity index (χ2v) is 6.08. The zero-order chi connectivity index (χ0) is 16.6. The zero-order valence-electron chi connectivity index (χ0n) is 13.1. The molecule has 1 aromatic carbocycles. The first-order chi connectivity index (χ1) is 10.9. The second kappa shape index (κ2) is 5.61. The average Bonchev–Trinajstić information content (AvgIpc) is 2.89. The van der Waals surface area contributed by atoms with Crippen molar-refractivity contribution >= 4 is 5.91 Å². The van der Waals surface area contributed by atoms with E-state index >= 15 is 0 Å². The molecule has 0 unspecified atom stereocenters. The molecule has 120 valence electrons. The van der Waals surface area contributed by atoms with Gasteiger partial charge in [-0.3, -0.25) is 9.59 Å². The lowest BCUT2D eigenvalue weighted by molar-refractivity contribution is 0.0602. The van der Waals surface area contributed by atoms with Gasteiger partial charge in [-0.15, -0.1) is 0 Å². The van der Waals surface area contributed by atoms with Crippen LogP contribution >= 0.6 is 0 Å². The van der Waals surface area contributed by atoms with Crippen LogP contribution in [0, 0.1) is 12.7 Å². The van der Waals surface area contributed by atoms with E-state index in [-0.39, 0.29) is 11.5 Å². The number of hydrogen-bond donors (Lipinski definition) is 1. The quantitative estimate of drug-likeness (QED) is 0.925. The predicted octanol–water partition coefficient (Wildman–Crippen LogP) is 2.37. The molecule has 6 heteroatoms. The van der Waals surface area contributed by atoms with Gasteiger partial charge >= 0.3 is 0 Å². The summed E-state index contributed by atoms with van der Waals surface area (Å²) in [7, 11) is 0. The lowest BCUT2D eigenvalue weighted by Gasteiger charge is -2.34. The molecule has 1 fully saturated rings. The Labute approximate surface area is 133 Å². The van der Waals surface area contributed by atoms with Gasteiger partial charge in [0.05, 0.1) is 5.54 Å². The summed E-state index contributed by atoms with van der Waals surface area (Å²) in [5.41, 5.74) is -0.0314. The topological polar surface area (TPSA) is 66.1 Å². The lowest BCUT2D eigenvalue weighted by Crippen LogP contribution is -2.45. The lowest BCUT2D eigenvalue weighted by atomic mass is 9.96. The van der Waals surface area contributed by atoms with Gasteiger partial charge in [0.2, 0.25) is 0 Å². The number of halogens is 1. The van der Waals surface area contributed by atoms with Crippen molar-refractivity contribution in [3.05, 3.63) is 63.6 Å². The summed E-state index contributed by atoms with van der Waals surface area (Å²) in [5, 5.41) is 0. The number of aromatic amines is 1. The van der Waals surface area contributed by atoms with Crippen LogP contribution in [0.25, 0.3) is 0 Å². The molecule has 5 nitrogen and oxygen atoms in total. The fourth-order valence-corrected chi connectivity index (χ4v) is 3.15. The molecule has 0 aliphatic carbocycles. The first kappa shape index (κ1) is 15.4. The highest BCUT2D eigenvalue weighted by molar-refractivity contribution is 5.95. The predicted molar refractivity (Wildman–Crippen MR) is 83.6 cm³/mol. The molecular formula is C17H18FN3O2. The number of aromatic nitrogens is 2. The van der Waals surface area contributed by atoms with Crippen molar-refractivity contribution in [1.29, 1.82) is 0 Å². The maximum Gasteiger partial charge on any atom is 0.254 e. The Bertz CT molecular complexity index is 817. The van der Waals surface area contributed by atoms with Crippen LogP contribution in [-0.4, -0.2) is 27.3 Å². The van der Waals surface area contributed by atoms with E-state index in [4.69, 9.17) is 0 Å². The minimum Gasteiger partial charge on any atom is -0.326 e. The SMILES string of the molecule is Cc1cc(=O)[nH]c([C@]2(C)CCCN2C(=O)c2cccc(F)c2)n1. The third kappa shape index (κ3) is 2.76.